The van der Waals surface area contributed by atoms with Gasteiger partial charge < -0.3 is 41.1 Å². The fourth-order valence-corrected chi connectivity index (χ4v) is 3.58. The molecule has 8 heteroatoms. The van der Waals surface area contributed by atoms with Gasteiger partial charge in [0, 0.05) is 0 Å². The average molecular weight is 478 g/mol. The van der Waals surface area contributed by atoms with E-state index < -0.39 is 49.3 Å². The van der Waals surface area contributed by atoms with E-state index in [2.05, 4.69) is 6.92 Å². The number of ether oxygens (including phenoxy) is 1. The van der Waals surface area contributed by atoms with Crippen molar-refractivity contribution in [3.63, 3.8) is 0 Å². The molecule has 0 saturated heterocycles. The molecule has 0 aliphatic rings. The van der Waals surface area contributed by atoms with Gasteiger partial charge in [0.15, 0.2) is 0 Å². The number of nitrogens with two attached hydrogens (primary N) is 1. The molecule has 0 spiro atoms. The van der Waals surface area contributed by atoms with Crippen LogP contribution in [0, 0.1) is 0 Å². The first-order valence-electron chi connectivity index (χ1n) is 12.8. The van der Waals surface area contributed by atoms with Gasteiger partial charge in [-0.1, -0.05) is 83.3 Å². The second-order valence-corrected chi connectivity index (χ2v) is 9.17. The third kappa shape index (κ3) is 15.9. The van der Waals surface area contributed by atoms with Gasteiger partial charge in [0.1, 0.15) is 24.4 Å². The van der Waals surface area contributed by atoms with E-state index in [1.165, 1.54) is 71.1 Å². The fraction of sp³-hybridized carbons (Fsp3) is 0.920. The Morgan fingerprint density at radius 2 is 1.27 bits per heavy atom. The Morgan fingerprint density at radius 1 is 0.758 bits per heavy atom. The molecule has 0 aliphatic heterocycles. The maximum absolute atomic E-state index is 10.1. The molecule has 7 atom stereocenters. The summed E-state index contributed by atoms with van der Waals surface area (Å²) in [6.45, 7) is 2.91. The number of rotatable bonds is 22. The second kappa shape index (κ2) is 20.8. The van der Waals surface area contributed by atoms with Crippen molar-refractivity contribution in [1.29, 1.82) is 0 Å². The lowest BCUT2D eigenvalue weighted by Crippen LogP contribution is -2.50. The molecule has 8 nitrogen and oxygen atoms in total. The highest BCUT2D eigenvalue weighted by Crippen LogP contribution is 2.13. The smallest absolute Gasteiger partial charge is 0.111 e. The van der Waals surface area contributed by atoms with Crippen molar-refractivity contribution in [2.24, 2.45) is 5.73 Å². The van der Waals surface area contributed by atoms with Gasteiger partial charge in [-0.05, 0) is 19.8 Å². The maximum Gasteiger partial charge on any atom is 0.111 e. The zero-order valence-electron chi connectivity index (χ0n) is 20.8. The molecule has 0 heterocycles. The average Bonchev–Trinajstić information content (AvgIpc) is 2.82. The van der Waals surface area contributed by atoms with Crippen molar-refractivity contribution in [2.75, 3.05) is 13.2 Å². The highest BCUT2D eigenvalue weighted by molar-refractivity contribution is 4.94. The molecule has 5 unspecified atom stereocenters. The zero-order valence-corrected chi connectivity index (χ0v) is 20.8. The lowest BCUT2D eigenvalue weighted by Gasteiger charge is -2.30. The van der Waals surface area contributed by atoms with E-state index in [0.29, 0.717) is 0 Å². The van der Waals surface area contributed by atoms with Gasteiger partial charge in [0.05, 0.1) is 31.5 Å². The summed E-state index contributed by atoms with van der Waals surface area (Å²) in [4.78, 5) is 0. The Balaban J connectivity index is 3.89. The third-order valence-electron chi connectivity index (χ3n) is 6.06. The number of aliphatic hydroxyl groups is 6. The SMILES string of the molecule is CCCCCCCCCCCCC/C=C/C(O)C(N)CO[C@H](C)C(O)C(O)[C@@H](O)C(O)CO. The first-order chi connectivity index (χ1) is 15.8. The molecule has 8 N–H and O–H groups in total. The fourth-order valence-electron chi connectivity index (χ4n) is 3.58. The summed E-state index contributed by atoms with van der Waals surface area (Å²) in [5.74, 6) is 0. The molecule has 0 radical (unpaired) electrons. The van der Waals surface area contributed by atoms with Crippen LogP contribution in [-0.4, -0.2) is 86.5 Å². The lowest BCUT2D eigenvalue weighted by atomic mass is 10.00. The van der Waals surface area contributed by atoms with Crippen molar-refractivity contribution in [2.45, 2.75) is 134 Å². The Hall–Kier alpha value is -0.580. The van der Waals surface area contributed by atoms with E-state index in [-0.39, 0.29) is 6.61 Å². The quantitative estimate of drug-likeness (QED) is 0.0918. The maximum atomic E-state index is 10.1. The molecule has 198 valence electrons. The minimum absolute atomic E-state index is 0.0620. The second-order valence-electron chi connectivity index (χ2n) is 9.17. The van der Waals surface area contributed by atoms with Crippen molar-refractivity contribution in [1.82, 2.24) is 0 Å². The topological polar surface area (TPSA) is 157 Å². The Kier molecular flexibility index (Phi) is 20.4. The Bertz CT molecular complexity index is 466. The normalized spacial score (nSPS) is 18.7. The van der Waals surface area contributed by atoms with Crippen LogP contribution >= 0.6 is 0 Å². The van der Waals surface area contributed by atoms with E-state index in [0.717, 1.165) is 12.8 Å². The number of allylic oxidation sites excluding steroid dienone is 1. The van der Waals surface area contributed by atoms with Crippen LogP contribution in [-0.2, 0) is 4.74 Å². The monoisotopic (exact) mass is 477 g/mol. The van der Waals surface area contributed by atoms with Crippen LogP contribution in [0.1, 0.15) is 90.9 Å². The molecule has 0 amide bonds. The lowest BCUT2D eigenvalue weighted by molar-refractivity contribution is -0.148. The van der Waals surface area contributed by atoms with Crippen LogP contribution < -0.4 is 5.73 Å². The van der Waals surface area contributed by atoms with Gasteiger partial charge in [-0.2, -0.15) is 0 Å². The number of hydrogen-bond acceptors (Lipinski definition) is 8. The molecular weight excluding hydrogens is 426 g/mol. The molecule has 0 aliphatic carbocycles. The van der Waals surface area contributed by atoms with Gasteiger partial charge in [0.25, 0.3) is 0 Å². The van der Waals surface area contributed by atoms with E-state index in [1.807, 2.05) is 6.08 Å². The predicted octanol–water partition coefficient (Wildman–Crippen LogP) is 1.77. The van der Waals surface area contributed by atoms with Crippen molar-refractivity contribution >= 4 is 0 Å². The van der Waals surface area contributed by atoms with Crippen LogP contribution in [0.4, 0.5) is 0 Å². The van der Waals surface area contributed by atoms with Crippen LogP contribution in [0.15, 0.2) is 12.2 Å². The molecule has 0 fully saturated rings. The van der Waals surface area contributed by atoms with Crippen LogP contribution in [0.3, 0.4) is 0 Å². The van der Waals surface area contributed by atoms with E-state index in [9.17, 15) is 25.5 Å². The minimum Gasteiger partial charge on any atom is -0.394 e. The molecule has 0 rings (SSSR count). The number of unbranched alkanes of at least 4 members (excludes halogenated alkanes) is 11. The van der Waals surface area contributed by atoms with Gasteiger partial charge in [-0.3, -0.25) is 0 Å². The minimum atomic E-state index is -1.71. The number of hydrogen-bond donors (Lipinski definition) is 7. The molecule has 33 heavy (non-hydrogen) atoms. The highest BCUT2D eigenvalue weighted by atomic mass is 16.5. The van der Waals surface area contributed by atoms with Crippen molar-refractivity contribution < 1.29 is 35.4 Å². The Labute approximate surface area is 200 Å². The Morgan fingerprint density at radius 3 is 1.79 bits per heavy atom. The highest BCUT2D eigenvalue weighted by Gasteiger charge is 2.33. The molecule has 0 bridgehead atoms. The first-order valence-corrected chi connectivity index (χ1v) is 12.8. The summed E-state index contributed by atoms with van der Waals surface area (Å²) >= 11 is 0. The third-order valence-corrected chi connectivity index (χ3v) is 6.06. The summed E-state index contributed by atoms with van der Waals surface area (Å²) in [5.41, 5.74) is 5.93. The van der Waals surface area contributed by atoms with Crippen LogP contribution in [0.2, 0.25) is 0 Å². The summed E-state index contributed by atoms with van der Waals surface area (Å²) in [6, 6.07) is -0.710. The van der Waals surface area contributed by atoms with Crippen molar-refractivity contribution in [3.05, 3.63) is 12.2 Å². The van der Waals surface area contributed by atoms with Crippen LogP contribution in [0.5, 0.6) is 0 Å². The molecular formula is C25H51NO7. The van der Waals surface area contributed by atoms with Crippen LogP contribution in [0.25, 0.3) is 0 Å². The van der Waals surface area contributed by atoms with Gasteiger partial charge >= 0.3 is 0 Å². The van der Waals surface area contributed by atoms with E-state index in [4.69, 9.17) is 15.6 Å². The van der Waals surface area contributed by atoms with E-state index >= 15 is 0 Å². The van der Waals surface area contributed by atoms with Crippen molar-refractivity contribution in [3.8, 4) is 0 Å². The summed E-state index contributed by atoms with van der Waals surface area (Å²) < 4.78 is 5.41. The first kappa shape index (κ1) is 32.4. The van der Waals surface area contributed by atoms with Gasteiger partial charge in [-0.15, -0.1) is 0 Å². The predicted molar refractivity (Wildman–Crippen MR) is 131 cm³/mol. The summed E-state index contributed by atoms with van der Waals surface area (Å²) in [6.07, 6.45) is 10.4. The molecule has 0 aromatic heterocycles. The summed E-state index contributed by atoms with van der Waals surface area (Å²) in [7, 11) is 0. The summed E-state index contributed by atoms with van der Waals surface area (Å²) in [5, 5.41) is 57.9. The van der Waals surface area contributed by atoms with E-state index in [1.54, 1.807) is 6.08 Å². The molecule has 0 aromatic rings. The molecule has 0 saturated carbocycles. The standard InChI is InChI=1S/C25H51NO7/c1-3-4-5-6-7-8-9-10-11-12-13-14-15-16-21(28)20(26)18-33-19(2)23(30)25(32)24(31)22(29)17-27/h15-16,19-25,27-32H,3-14,17-18,26H2,1-2H3/b16-15+/t19-,20?,21?,22?,23?,24+,25?/m1/s1. The molecule has 0 aromatic carbocycles. The number of aliphatic hydroxyl groups excluding tert-OH is 6. The largest absolute Gasteiger partial charge is 0.394 e. The van der Waals surface area contributed by atoms with Gasteiger partial charge in [0.2, 0.25) is 0 Å². The van der Waals surface area contributed by atoms with Gasteiger partial charge in [-0.25, -0.2) is 0 Å². The zero-order chi connectivity index (χ0) is 25.1.